The minimum absolute atomic E-state index is 0. The zero-order valence-electron chi connectivity index (χ0n) is 11.5. The van der Waals surface area contributed by atoms with Gasteiger partial charge in [0, 0.05) is 0 Å². The van der Waals surface area contributed by atoms with Crippen molar-refractivity contribution < 1.29 is 21.1 Å². The van der Waals surface area contributed by atoms with Crippen molar-refractivity contribution in [1.29, 1.82) is 0 Å². The molecule has 0 unspecified atom stereocenters. The molecule has 16 heavy (non-hydrogen) atoms. The van der Waals surface area contributed by atoms with E-state index in [9.17, 15) is 0 Å². The topological polar surface area (TPSA) is 0 Å². The smallest absolute Gasteiger partial charge is 0.358 e. The van der Waals surface area contributed by atoms with Gasteiger partial charge in [0.2, 0.25) is 0 Å². The first kappa shape index (κ1) is 25.2. The second-order valence-electron chi connectivity index (χ2n) is 3.52. The first-order chi connectivity index (χ1) is 6.18. The van der Waals surface area contributed by atoms with Crippen LogP contribution in [0.1, 0.15) is 20.8 Å². The third kappa shape index (κ3) is 12.3. The summed E-state index contributed by atoms with van der Waals surface area (Å²) in [6, 6.07) is 14.0. The van der Waals surface area contributed by atoms with E-state index in [0.29, 0.717) is 0 Å². The van der Waals surface area contributed by atoms with Gasteiger partial charge in [-0.25, -0.2) is 12.1 Å². The van der Waals surface area contributed by atoms with Gasteiger partial charge in [-0.05, 0) is 0 Å². The Labute approximate surface area is 119 Å². The normalized spacial score (nSPS) is 8.50. The van der Waals surface area contributed by atoms with Crippen molar-refractivity contribution in [2.75, 3.05) is 0 Å². The van der Waals surface area contributed by atoms with Gasteiger partial charge in [0.1, 0.15) is 0 Å². The van der Waals surface area contributed by atoms with E-state index < -0.39 is 8.07 Å². The van der Waals surface area contributed by atoms with Gasteiger partial charge in [-0.3, -0.25) is 0 Å². The molecule has 1 aromatic rings. The van der Waals surface area contributed by atoms with Crippen molar-refractivity contribution in [1.82, 2.24) is 0 Å². The fourth-order valence-corrected chi connectivity index (χ4v) is 2.57. The Bertz CT molecular complexity index is 153. The molecule has 0 radical (unpaired) electrons. The molecule has 0 heterocycles. The summed E-state index contributed by atoms with van der Waals surface area (Å²) in [6.07, 6.45) is 0. The van der Waals surface area contributed by atoms with Gasteiger partial charge >= 0.3 is 21.1 Å². The Balaban J connectivity index is -0.0000000798. The van der Waals surface area contributed by atoms with Gasteiger partial charge in [0.15, 0.2) is 0 Å². The van der Waals surface area contributed by atoms with Crippen molar-refractivity contribution >= 4 is 8.07 Å². The molecule has 0 saturated heterocycles. The molecule has 0 atom stereocenters. The van der Waals surface area contributed by atoms with Crippen LogP contribution in [0.5, 0.6) is 0 Å². The molecule has 0 nitrogen and oxygen atoms in total. The number of hydrogen-bond acceptors (Lipinski definition) is 0. The molecule has 0 aliphatic rings. The molecule has 0 N–H and O–H groups in total. The van der Waals surface area contributed by atoms with Crippen molar-refractivity contribution in [2.45, 2.75) is 38.9 Å². The molecular weight excluding hydrogens is 391 g/mol. The fraction of sp³-hybridized carbons (Fsp3) is 0.429. The fourth-order valence-electron chi connectivity index (χ4n) is 1.07. The van der Waals surface area contributed by atoms with Crippen LogP contribution in [-0.4, -0.2) is 8.07 Å². The second kappa shape index (κ2) is 15.3. The van der Waals surface area contributed by atoms with E-state index in [2.05, 4.69) is 27.3 Å². The minimum Gasteiger partial charge on any atom is -0.358 e. The summed E-state index contributed by atoms with van der Waals surface area (Å²) in [6.45, 7) is 11.1. The van der Waals surface area contributed by atoms with Crippen LogP contribution >= 0.6 is 0 Å². The van der Waals surface area contributed by atoms with E-state index in [0.717, 1.165) is 0 Å². The second-order valence-corrected chi connectivity index (χ2v) is 8.64. The van der Waals surface area contributed by atoms with Crippen LogP contribution in [0.25, 0.3) is 0 Å². The Kier molecular flexibility index (Phi) is 24.0. The van der Waals surface area contributed by atoms with E-state index in [1.165, 1.54) is 18.1 Å². The van der Waals surface area contributed by atoms with Crippen LogP contribution in [0.15, 0.2) is 30.3 Å². The first-order valence-electron chi connectivity index (χ1n) is 5.20. The summed E-state index contributed by atoms with van der Waals surface area (Å²) >= 11 is 0. The standard InChI is InChI=1S/C7H17Si.C5H5.2CH3.Pt/c1-5-8(4,6-2)7-3;1-2-4-5-3-1;;;/h4-7H2,1-3H3;1-5H;2*1H3;/q4*-1;+4. The summed E-state index contributed by atoms with van der Waals surface area (Å²) in [5.41, 5.74) is 0. The number of hydrogen-bond donors (Lipinski definition) is 0. The van der Waals surface area contributed by atoms with Crippen LogP contribution in [0.2, 0.25) is 18.1 Å². The predicted molar refractivity (Wildman–Crippen MR) is 77.4 cm³/mol. The molecule has 0 aliphatic carbocycles. The largest absolute Gasteiger partial charge is 4.00 e. The number of rotatable bonds is 3. The van der Waals surface area contributed by atoms with Gasteiger partial charge in [0.05, 0.1) is 0 Å². The quantitative estimate of drug-likeness (QED) is 0.468. The van der Waals surface area contributed by atoms with Crippen LogP contribution in [0.3, 0.4) is 0 Å². The van der Waals surface area contributed by atoms with Crippen molar-refractivity contribution in [3.8, 4) is 0 Å². The SMILES string of the molecule is [CH2-][Si](CC)(CC)CC.[CH3-].[CH3-].[Pt+4].c1cc[cH-]c1. The first-order valence-corrected chi connectivity index (χ1v) is 8.03. The molecule has 0 saturated carbocycles. The molecule has 1 rings (SSSR count). The van der Waals surface area contributed by atoms with Gasteiger partial charge in [-0.15, -0.1) is 0 Å². The Hall–Kier alpha value is 0.255. The zero-order valence-corrected chi connectivity index (χ0v) is 14.8. The van der Waals surface area contributed by atoms with Gasteiger partial charge in [-0.1, -0.05) is 47.0 Å². The van der Waals surface area contributed by atoms with Crippen LogP contribution in [0, 0.1) is 21.4 Å². The maximum atomic E-state index is 4.26. The minimum atomic E-state index is -0.921. The average molecular weight is 420 g/mol. The average Bonchev–Trinajstić information content (AvgIpc) is 2.75. The van der Waals surface area contributed by atoms with E-state index in [1.807, 2.05) is 30.3 Å². The van der Waals surface area contributed by atoms with E-state index in [1.54, 1.807) is 0 Å². The summed E-state index contributed by atoms with van der Waals surface area (Å²) in [5, 5.41) is 0. The maximum Gasteiger partial charge on any atom is 4.00 e. The summed E-state index contributed by atoms with van der Waals surface area (Å²) < 4.78 is 0. The Morgan fingerprint density at radius 3 is 1.31 bits per heavy atom. The van der Waals surface area contributed by atoms with E-state index >= 15 is 0 Å². The molecule has 0 aromatic heterocycles. The van der Waals surface area contributed by atoms with Crippen molar-refractivity contribution in [2.24, 2.45) is 0 Å². The van der Waals surface area contributed by atoms with Crippen molar-refractivity contribution in [3.05, 3.63) is 51.7 Å². The molecule has 0 bridgehead atoms. The third-order valence-corrected chi connectivity index (χ3v) is 7.31. The Morgan fingerprint density at radius 1 is 0.938 bits per heavy atom. The van der Waals surface area contributed by atoms with E-state index in [4.69, 9.17) is 0 Å². The van der Waals surface area contributed by atoms with Crippen LogP contribution < -0.4 is 0 Å². The zero-order chi connectivity index (χ0) is 10.2. The van der Waals surface area contributed by atoms with Crippen LogP contribution in [0.4, 0.5) is 0 Å². The summed E-state index contributed by atoms with van der Waals surface area (Å²) in [7, 11) is -0.921. The molecule has 0 aliphatic heterocycles. The summed E-state index contributed by atoms with van der Waals surface area (Å²) in [4.78, 5) is 0. The molecule has 0 spiro atoms. The van der Waals surface area contributed by atoms with Gasteiger partial charge in [0.25, 0.3) is 0 Å². The molecule has 1 aromatic carbocycles. The molecule has 0 amide bonds. The van der Waals surface area contributed by atoms with Gasteiger partial charge < -0.3 is 21.4 Å². The molecule has 0 fully saturated rings. The molecule has 98 valence electrons. The van der Waals surface area contributed by atoms with Crippen molar-refractivity contribution in [3.63, 3.8) is 0 Å². The third-order valence-electron chi connectivity index (χ3n) is 2.81. The predicted octanol–water partition coefficient (Wildman–Crippen LogP) is 5.17. The Morgan fingerprint density at radius 2 is 1.25 bits per heavy atom. The monoisotopic (exact) mass is 419 g/mol. The molecule has 2 heteroatoms. The maximum absolute atomic E-state index is 4.26. The summed E-state index contributed by atoms with van der Waals surface area (Å²) in [5.74, 6) is 0. The van der Waals surface area contributed by atoms with Crippen LogP contribution in [-0.2, 0) is 21.1 Å². The van der Waals surface area contributed by atoms with E-state index in [-0.39, 0.29) is 35.9 Å². The molecular formula is C14H28PtSi. The van der Waals surface area contributed by atoms with Gasteiger partial charge in [-0.2, -0.15) is 18.2 Å².